The van der Waals surface area contributed by atoms with Crippen molar-refractivity contribution in [2.24, 2.45) is 0 Å². The highest BCUT2D eigenvalue weighted by Crippen LogP contribution is 2.32. The molecule has 5 nitrogen and oxygen atoms in total. The second-order valence-electron chi connectivity index (χ2n) is 7.13. The Balaban J connectivity index is 2.04. The van der Waals surface area contributed by atoms with Crippen molar-refractivity contribution < 1.29 is 14.6 Å². The first-order valence-electron chi connectivity index (χ1n) is 8.22. The van der Waals surface area contributed by atoms with E-state index in [-0.39, 0.29) is 12.1 Å². The first kappa shape index (κ1) is 16.7. The van der Waals surface area contributed by atoms with E-state index in [0.717, 1.165) is 19.6 Å². The van der Waals surface area contributed by atoms with Gasteiger partial charge in [-0.2, -0.15) is 0 Å². The molecule has 2 aliphatic rings. The zero-order chi connectivity index (χ0) is 15.6. The average molecular weight is 298 g/mol. The van der Waals surface area contributed by atoms with E-state index in [2.05, 4.69) is 17.1 Å². The highest BCUT2D eigenvalue weighted by atomic mass is 16.5. The van der Waals surface area contributed by atoms with Crippen molar-refractivity contribution in [3.63, 3.8) is 0 Å². The van der Waals surface area contributed by atoms with E-state index >= 15 is 0 Å². The summed E-state index contributed by atoms with van der Waals surface area (Å²) in [5.41, 5.74) is -0.875. The maximum Gasteiger partial charge on any atom is 0.323 e. The Morgan fingerprint density at radius 2 is 2.14 bits per heavy atom. The number of ether oxygens (including phenoxy) is 1. The molecule has 0 aromatic heterocycles. The monoisotopic (exact) mass is 298 g/mol. The Hall–Kier alpha value is -0.650. The van der Waals surface area contributed by atoms with Crippen LogP contribution in [0.15, 0.2) is 0 Å². The molecule has 2 rings (SSSR count). The Kier molecular flexibility index (Phi) is 5.28. The molecule has 2 N–H and O–H groups in total. The fourth-order valence-corrected chi connectivity index (χ4v) is 4.06. The highest BCUT2D eigenvalue weighted by molar-refractivity contribution is 5.78. The number of aliphatic carboxylic acids is 1. The number of rotatable bonds is 6. The van der Waals surface area contributed by atoms with Gasteiger partial charge >= 0.3 is 5.97 Å². The van der Waals surface area contributed by atoms with Crippen LogP contribution in [0, 0.1) is 0 Å². The Labute approximate surface area is 128 Å². The van der Waals surface area contributed by atoms with Crippen LogP contribution in [0.3, 0.4) is 0 Å². The minimum absolute atomic E-state index is 0.155. The summed E-state index contributed by atoms with van der Waals surface area (Å²) >= 11 is 0. The van der Waals surface area contributed by atoms with Gasteiger partial charge in [0.2, 0.25) is 0 Å². The number of morpholine rings is 1. The topological polar surface area (TPSA) is 61.8 Å². The van der Waals surface area contributed by atoms with Crippen molar-refractivity contribution in [1.29, 1.82) is 0 Å². The summed E-state index contributed by atoms with van der Waals surface area (Å²) in [6.07, 6.45) is 4.52. The van der Waals surface area contributed by atoms with Crippen molar-refractivity contribution in [3.05, 3.63) is 0 Å². The van der Waals surface area contributed by atoms with Gasteiger partial charge in [-0.1, -0.05) is 0 Å². The molecule has 1 saturated carbocycles. The molecule has 0 aromatic carbocycles. The molecule has 122 valence electrons. The van der Waals surface area contributed by atoms with Crippen LogP contribution >= 0.6 is 0 Å². The lowest BCUT2D eigenvalue weighted by molar-refractivity contribution is -0.146. The maximum absolute atomic E-state index is 11.7. The standard InChI is InChI=1S/C16H30N2O3/c1-11(2)17-16(4,15(19)20)10-12(3)18-8-9-21-14-7-5-6-13(14)18/h11-14,17H,5-10H2,1-4H3,(H,19,20). The molecule has 4 atom stereocenters. The Morgan fingerprint density at radius 1 is 1.43 bits per heavy atom. The molecular weight excluding hydrogens is 268 g/mol. The average Bonchev–Trinajstić information content (AvgIpc) is 2.85. The van der Waals surface area contributed by atoms with Gasteiger partial charge < -0.3 is 9.84 Å². The lowest BCUT2D eigenvalue weighted by Gasteiger charge is -2.43. The van der Waals surface area contributed by atoms with Crippen LogP contribution < -0.4 is 5.32 Å². The van der Waals surface area contributed by atoms with E-state index in [4.69, 9.17) is 4.74 Å². The molecule has 0 radical (unpaired) electrons. The largest absolute Gasteiger partial charge is 0.480 e. The fraction of sp³-hybridized carbons (Fsp3) is 0.938. The predicted octanol–water partition coefficient (Wildman–Crippen LogP) is 1.86. The van der Waals surface area contributed by atoms with Crippen molar-refractivity contribution in [2.45, 2.75) is 83.1 Å². The highest BCUT2D eigenvalue weighted by Gasteiger charge is 2.42. The molecule has 0 aromatic rings. The van der Waals surface area contributed by atoms with Gasteiger partial charge in [0.05, 0.1) is 12.7 Å². The van der Waals surface area contributed by atoms with Gasteiger partial charge in [0, 0.05) is 24.7 Å². The van der Waals surface area contributed by atoms with E-state index in [0.29, 0.717) is 18.6 Å². The molecule has 0 bridgehead atoms. The van der Waals surface area contributed by atoms with Gasteiger partial charge in [0.15, 0.2) is 0 Å². The second-order valence-corrected chi connectivity index (χ2v) is 7.13. The predicted molar refractivity (Wildman–Crippen MR) is 82.5 cm³/mol. The van der Waals surface area contributed by atoms with Gasteiger partial charge in [0.1, 0.15) is 5.54 Å². The molecule has 1 saturated heterocycles. The van der Waals surface area contributed by atoms with Crippen molar-refractivity contribution in [1.82, 2.24) is 10.2 Å². The second kappa shape index (κ2) is 6.63. The molecule has 5 heteroatoms. The summed E-state index contributed by atoms with van der Waals surface area (Å²) in [5.74, 6) is -0.765. The summed E-state index contributed by atoms with van der Waals surface area (Å²) in [6.45, 7) is 9.64. The van der Waals surface area contributed by atoms with Gasteiger partial charge in [-0.25, -0.2) is 0 Å². The SMILES string of the molecule is CC(C)NC(C)(CC(C)N1CCOC2CCCC21)C(=O)O. The Morgan fingerprint density at radius 3 is 2.76 bits per heavy atom. The number of carbonyl (C=O) groups is 1. The zero-order valence-electron chi connectivity index (χ0n) is 13.8. The van der Waals surface area contributed by atoms with Crippen molar-refractivity contribution in [2.75, 3.05) is 13.2 Å². The lowest BCUT2D eigenvalue weighted by atomic mass is 9.91. The van der Waals surface area contributed by atoms with Crippen molar-refractivity contribution in [3.8, 4) is 0 Å². The molecule has 1 aliphatic heterocycles. The third kappa shape index (κ3) is 3.76. The van der Waals surface area contributed by atoms with Crippen LogP contribution in [0.4, 0.5) is 0 Å². The summed E-state index contributed by atoms with van der Waals surface area (Å²) in [5, 5.41) is 12.8. The Bertz CT molecular complexity index is 375. The lowest BCUT2D eigenvalue weighted by Crippen LogP contribution is -2.58. The van der Waals surface area contributed by atoms with E-state index in [9.17, 15) is 9.90 Å². The number of nitrogens with zero attached hydrogens (tertiary/aromatic N) is 1. The van der Waals surface area contributed by atoms with Crippen molar-refractivity contribution >= 4 is 5.97 Å². The fourth-order valence-electron chi connectivity index (χ4n) is 4.06. The number of carboxylic acid groups (broad SMARTS) is 1. The minimum atomic E-state index is -0.875. The summed E-state index contributed by atoms with van der Waals surface area (Å²) < 4.78 is 5.85. The molecule has 4 unspecified atom stereocenters. The normalized spacial score (nSPS) is 30.9. The van der Waals surface area contributed by atoms with Crippen LogP contribution in [0.5, 0.6) is 0 Å². The van der Waals surface area contributed by atoms with Crippen LogP contribution in [-0.2, 0) is 9.53 Å². The molecule has 1 aliphatic carbocycles. The molecule has 0 spiro atoms. The number of fused-ring (bicyclic) bond motifs is 1. The third-order valence-electron chi connectivity index (χ3n) is 4.87. The number of hydrogen-bond acceptors (Lipinski definition) is 4. The molecule has 21 heavy (non-hydrogen) atoms. The van der Waals surface area contributed by atoms with Crippen LogP contribution in [0.1, 0.15) is 53.4 Å². The van der Waals surface area contributed by atoms with Gasteiger partial charge in [-0.05, 0) is 53.4 Å². The first-order valence-corrected chi connectivity index (χ1v) is 8.22. The van der Waals surface area contributed by atoms with Crippen LogP contribution in [0.25, 0.3) is 0 Å². The molecule has 1 heterocycles. The van der Waals surface area contributed by atoms with Gasteiger partial charge in [-0.3, -0.25) is 15.0 Å². The smallest absolute Gasteiger partial charge is 0.323 e. The van der Waals surface area contributed by atoms with Crippen LogP contribution in [0.2, 0.25) is 0 Å². The molecular formula is C16H30N2O3. The minimum Gasteiger partial charge on any atom is -0.480 e. The maximum atomic E-state index is 11.7. The van der Waals surface area contributed by atoms with Crippen LogP contribution in [-0.4, -0.2) is 58.9 Å². The van der Waals surface area contributed by atoms with E-state index in [1.165, 1.54) is 12.8 Å². The molecule has 0 amide bonds. The number of nitrogens with one attached hydrogen (secondary N) is 1. The van der Waals surface area contributed by atoms with Gasteiger partial charge in [-0.15, -0.1) is 0 Å². The van der Waals surface area contributed by atoms with Gasteiger partial charge in [0.25, 0.3) is 0 Å². The van der Waals surface area contributed by atoms with E-state index in [1.807, 2.05) is 13.8 Å². The first-order chi connectivity index (χ1) is 9.83. The molecule has 2 fully saturated rings. The van der Waals surface area contributed by atoms with E-state index < -0.39 is 11.5 Å². The summed E-state index contributed by atoms with van der Waals surface area (Å²) in [4.78, 5) is 14.2. The zero-order valence-corrected chi connectivity index (χ0v) is 13.8. The van der Waals surface area contributed by atoms with E-state index in [1.54, 1.807) is 6.92 Å². The summed E-state index contributed by atoms with van der Waals surface area (Å²) in [6, 6.07) is 0.875. The third-order valence-corrected chi connectivity index (χ3v) is 4.87. The number of carboxylic acids is 1. The number of hydrogen-bond donors (Lipinski definition) is 2. The summed E-state index contributed by atoms with van der Waals surface area (Å²) in [7, 11) is 0. The quantitative estimate of drug-likeness (QED) is 0.784.